The molecule has 5 rings (SSSR count). The minimum absolute atomic E-state index is 0.131. The lowest BCUT2D eigenvalue weighted by Gasteiger charge is -2.25. The summed E-state index contributed by atoms with van der Waals surface area (Å²) in [6.45, 7) is 5.85. The zero-order valence-corrected chi connectivity index (χ0v) is 18.9. The van der Waals surface area contributed by atoms with Gasteiger partial charge in [0.1, 0.15) is 5.82 Å². The van der Waals surface area contributed by atoms with Gasteiger partial charge in [-0.15, -0.1) is 10.2 Å². The Balaban J connectivity index is 1.48. The average Bonchev–Trinajstić information content (AvgIpc) is 3.41. The number of nitrogens with one attached hydrogen (secondary N) is 3. The van der Waals surface area contributed by atoms with E-state index in [4.69, 9.17) is 4.42 Å². The molecule has 4 aromatic rings. The van der Waals surface area contributed by atoms with Crippen LogP contribution < -0.4 is 16.0 Å². The first-order valence-corrected chi connectivity index (χ1v) is 11.0. The number of aliphatic hydroxyl groups is 1. The van der Waals surface area contributed by atoms with E-state index >= 15 is 0 Å². The average molecular weight is 470 g/mol. The van der Waals surface area contributed by atoms with Gasteiger partial charge in [-0.2, -0.15) is 4.98 Å². The van der Waals surface area contributed by atoms with Gasteiger partial charge in [0.25, 0.3) is 11.8 Å². The first kappa shape index (κ1) is 22.2. The molecule has 1 amide bonds. The maximum atomic E-state index is 12.3. The second-order valence-corrected chi connectivity index (χ2v) is 8.10. The fourth-order valence-corrected chi connectivity index (χ4v) is 3.89. The van der Waals surface area contributed by atoms with Gasteiger partial charge >= 0.3 is 0 Å². The monoisotopic (exact) mass is 469 g/mol. The Hall–Kier alpha value is -4.57. The Morgan fingerprint density at radius 1 is 1.17 bits per heavy atom. The number of nitrogens with zero attached hydrogens (tertiary/aromatic N) is 4. The van der Waals surface area contributed by atoms with E-state index in [0.717, 1.165) is 16.7 Å². The molecule has 0 radical (unpaired) electrons. The molecule has 0 aliphatic carbocycles. The lowest BCUT2D eigenvalue weighted by atomic mass is 9.91. The largest absolute Gasteiger partial charge is 0.423 e. The molecule has 0 saturated carbocycles. The molecular weight excluding hydrogens is 446 g/mol. The van der Waals surface area contributed by atoms with Crippen molar-refractivity contribution in [2.24, 2.45) is 0 Å². The van der Waals surface area contributed by atoms with Crippen LogP contribution in [0, 0.1) is 0 Å². The van der Waals surface area contributed by atoms with Gasteiger partial charge < -0.3 is 25.5 Å². The van der Waals surface area contributed by atoms with Crippen molar-refractivity contribution in [1.82, 2.24) is 25.5 Å². The molecule has 2 aromatic heterocycles. The van der Waals surface area contributed by atoms with Crippen molar-refractivity contribution in [1.29, 1.82) is 0 Å². The second kappa shape index (κ2) is 9.35. The number of aromatic nitrogens is 4. The highest BCUT2D eigenvalue weighted by molar-refractivity contribution is 6.04. The van der Waals surface area contributed by atoms with Crippen LogP contribution in [0.25, 0.3) is 17.0 Å². The summed E-state index contributed by atoms with van der Waals surface area (Å²) in [5.41, 5.74) is 4.25. The standard InChI is InChI=1S/C25H23N7O3/c1-14-15(2)28-23(34)18-9-8-17(10-19(14)18)29-25-26-11-20(24-32-27-13-35-24)22(31-25)30-21(12-33)16-6-4-3-5-7-16/h3-11,13,15,21,33H,1,12H2,2H3,(H,28,34)(H2,26,29,30,31)/t15?,21-/m1/s1. The van der Waals surface area contributed by atoms with Crippen molar-refractivity contribution in [2.75, 3.05) is 17.2 Å². The van der Waals surface area contributed by atoms with Gasteiger partial charge in [-0.3, -0.25) is 4.79 Å². The van der Waals surface area contributed by atoms with E-state index in [9.17, 15) is 9.90 Å². The summed E-state index contributed by atoms with van der Waals surface area (Å²) in [5.74, 6) is 0.826. The van der Waals surface area contributed by atoms with Gasteiger partial charge in [-0.05, 0) is 41.8 Å². The van der Waals surface area contributed by atoms with E-state index in [1.165, 1.54) is 6.39 Å². The zero-order chi connectivity index (χ0) is 24.4. The summed E-state index contributed by atoms with van der Waals surface area (Å²) in [6, 6.07) is 14.3. The number of rotatable bonds is 7. The molecule has 10 nitrogen and oxygen atoms in total. The highest BCUT2D eigenvalue weighted by Gasteiger charge is 2.25. The maximum Gasteiger partial charge on any atom is 0.252 e. The highest BCUT2D eigenvalue weighted by atomic mass is 16.4. The summed E-state index contributed by atoms with van der Waals surface area (Å²) in [5, 5.41) is 27.1. The minimum Gasteiger partial charge on any atom is -0.423 e. The molecular formula is C25H23N7O3. The second-order valence-electron chi connectivity index (χ2n) is 8.10. The predicted octanol–water partition coefficient (Wildman–Crippen LogP) is 3.56. The Kier molecular flexibility index (Phi) is 5.94. The summed E-state index contributed by atoms with van der Waals surface area (Å²) in [4.78, 5) is 21.3. The number of amides is 1. The number of hydrogen-bond acceptors (Lipinski definition) is 9. The SMILES string of the molecule is C=C1c2cc(Nc3ncc(-c4nnco4)c(N[C@H](CO)c4ccccc4)n3)ccc2C(=O)NC1C. The van der Waals surface area contributed by atoms with Crippen LogP contribution >= 0.6 is 0 Å². The Morgan fingerprint density at radius 3 is 2.74 bits per heavy atom. The number of aliphatic hydroxyl groups excluding tert-OH is 1. The van der Waals surface area contributed by atoms with Gasteiger partial charge in [0, 0.05) is 17.4 Å². The molecule has 176 valence electrons. The van der Waals surface area contributed by atoms with Gasteiger partial charge in [-0.25, -0.2) is 4.98 Å². The molecule has 0 fully saturated rings. The van der Waals surface area contributed by atoms with Crippen molar-refractivity contribution >= 4 is 28.9 Å². The molecule has 10 heteroatoms. The maximum absolute atomic E-state index is 12.3. The smallest absolute Gasteiger partial charge is 0.252 e. The number of carbonyl (C=O) groups is 1. The molecule has 1 aliphatic heterocycles. The number of benzene rings is 2. The molecule has 0 spiro atoms. The summed E-state index contributed by atoms with van der Waals surface area (Å²) in [6.07, 6.45) is 2.79. The third kappa shape index (κ3) is 4.46. The third-order valence-corrected chi connectivity index (χ3v) is 5.81. The zero-order valence-electron chi connectivity index (χ0n) is 18.9. The lowest BCUT2D eigenvalue weighted by Crippen LogP contribution is -2.38. The fourth-order valence-electron chi connectivity index (χ4n) is 3.89. The Bertz CT molecular complexity index is 1370. The molecule has 3 heterocycles. The van der Waals surface area contributed by atoms with Gasteiger partial charge in [0.15, 0.2) is 0 Å². The first-order chi connectivity index (χ1) is 17.0. The van der Waals surface area contributed by atoms with Crippen LogP contribution in [-0.4, -0.2) is 43.8 Å². The van der Waals surface area contributed by atoms with Crippen molar-refractivity contribution in [3.8, 4) is 11.5 Å². The number of hydrogen-bond donors (Lipinski definition) is 4. The summed E-state index contributed by atoms with van der Waals surface area (Å²) in [7, 11) is 0. The molecule has 35 heavy (non-hydrogen) atoms. The Labute approximate surface area is 201 Å². The van der Waals surface area contributed by atoms with Crippen molar-refractivity contribution in [3.63, 3.8) is 0 Å². The van der Waals surface area contributed by atoms with E-state index in [1.54, 1.807) is 18.3 Å². The van der Waals surface area contributed by atoms with E-state index in [-0.39, 0.29) is 24.4 Å². The van der Waals surface area contributed by atoms with E-state index in [0.29, 0.717) is 28.6 Å². The van der Waals surface area contributed by atoms with E-state index in [1.807, 2.05) is 43.3 Å². The molecule has 1 unspecified atom stereocenters. The van der Waals surface area contributed by atoms with E-state index in [2.05, 4.69) is 42.7 Å². The van der Waals surface area contributed by atoms with E-state index < -0.39 is 6.04 Å². The predicted molar refractivity (Wildman–Crippen MR) is 131 cm³/mol. The summed E-state index contributed by atoms with van der Waals surface area (Å²) >= 11 is 0. The van der Waals surface area contributed by atoms with Crippen LogP contribution in [0.15, 0.2) is 72.1 Å². The number of fused-ring (bicyclic) bond motifs is 1. The summed E-state index contributed by atoms with van der Waals surface area (Å²) < 4.78 is 5.36. The van der Waals surface area contributed by atoms with Crippen LogP contribution in [0.4, 0.5) is 17.5 Å². The molecule has 0 saturated heterocycles. The van der Waals surface area contributed by atoms with Crippen LogP contribution in [0.3, 0.4) is 0 Å². The number of anilines is 3. The topological polar surface area (TPSA) is 138 Å². The molecule has 2 aromatic carbocycles. The molecule has 2 atom stereocenters. The normalized spacial score (nSPS) is 15.8. The van der Waals surface area contributed by atoms with Crippen LogP contribution in [0.2, 0.25) is 0 Å². The molecule has 4 N–H and O–H groups in total. The first-order valence-electron chi connectivity index (χ1n) is 11.0. The quantitative estimate of drug-likeness (QED) is 0.320. The fraction of sp³-hybridized carbons (Fsp3) is 0.160. The van der Waals surface area contributed by atoms with Crippen LogP contribution in [0.1, 0.15) is 34.5 Å². The van der Waals surface area contributed by atoms with Crippen LogP contribution in [0.5, 0.6) is 0 Å². The van der Waals surface area contributed by atoms with Gasteiger partial charge in [-0.1, -0.05) is 36.9 Å². The minimum atomic E-state index is -0.423. The van der Waals surface area contributed by atoms with Crippen LogP contribution in [-0.2, 0) is 0 Å². The van der Waals surface area contributed by atoms with Crippen molar-refractivity contribution < 1.29 is 14.3 Å². The van der Waals surface area contributed by atoms with Crippen molar-refractivity contribution in [2.45, 2.75) is 19.0 Å². The third-order valence-electron chi connectivity index (χ3n) is 5.81. The highest BCUT2D eigenvalue weighted by Crippen LogP contribution is 2.31. The lowest BCUT2D eigenvalue weighted by molar-refractivity contribution is 0.0943. The van der Waals surface area contributed by atoms with Gasteiger partial charge in [0.2, 0.25) is 12.3 Å². The van der Waals surface area contributed by atoms with Crippen molar-refractivity contribution in [3.05, 3.63) is 84.4 Å². The van der Waals surface area contributed by atoms with Gasteiger partial charge in [0.05, 0.1) is 24.3 Å². The number of carbonyl (C=O) groups excluding carboxylic acids is 1. The molecule has 1 aliphatic rings. The molecule has 0 bridgehead atoms. The Morgan fingerprint density at radius 2 is 2.00 bits per heavy atom.